The van der Waals surface area contributed by atoms with Gasteiger partial charge < -0.3 is 0 Å². The summed E-state index contributed by atoms with van der Waals surface area (Å²) in [7, 11) is 1.73. The van der Waals surface area contributed by atoms with Gasteiger partial charge in [0, 0.05) is 0 Å². The number of hydrogen-bond acceptors (Lipinski definition) is 6. The summed E-state index contributed by atoms with van der Waals surface area (Å²) in [5.41, 5.74) is 9.12. The third-order valence-electron chi connectivity index (χ3n) is 4.52. The molecule has 0 saturated heterocycles. The van der Waals surface area contributed by atoms with Crippen LogP contribution in [0.15, 0.2) is 49.1 Å². The Labute approximate surface area is 191 Å². The van der Waals surface area contributed by atoms with Crippen molar-refractivity contribution in [2.24, 2.45) is 11.0 Å². The van der Waals surface area contributed by atoms with Crippen molar-refractivity contribution < 1.29 is 25.0 Å². The summed E-state index contributed by atoms with van der Waals surface area (Å²) in [5.74, 6) is 0.235. The molecule has 0 fully saturated rings. The molecule has 1 aliphatic rings. The number of hydrogen-bond donors (Lipinski definition) is 3. The van der Waals surface area contributed by atoms with Gasteiger partial charge in [0.25, 0.3) is 0 Å². The molecule has 0 aromatic heterocycles. The molecule has 0 spiro atoms. The Kier molecular flexibility index (Phi) is 12.2. The van der Waals surface area contributed by atoms with E-state index in [0.717, 1.165) is 25.2 Å². The zero-order valence-electron chi connectivity index (χ0n) is 18.0. The van der Waals surface area contributed by atoms with Gasteiger partial charge in [-0.3, -0.25) is 0 Å². The van der Waals surface area contributed by atoms with E-state index in [1.54, 1.807) is 7.11 Å². The predicted octanol–water partition coefficient (Wildman–Crippen LogP) is 2.17. The van der Waals surface area contributed by atoms with E-state index in [1.165, 1.54) is 26.1 Å². The molecule has 28 heavy (non-hydrogen) atoms. The van der Waals surface area contributed by atoms with Gasteiger partial charge in [0.1, 0.15) is 0 Å². The van der Waals surface area contributed by atoms with Crippen molar-refractivity contribution in [1.29, 1.82) is 3.56 Å². The summed E-state index contributed by atoms with van der Waals surface area (Å²) in [6.07, 6.45) is 7.30. The molecule has 1 aliphatic heterocycles. The van der Waals surface area contributed by atoms with Crippen molar-refractivity contribution >= 4 is 27.2 Å². The second-order valence-electron chi connectivity index (χ2n) is 6.70. The molecule has 1 heterocycles. The van der Waals surface area contributed by atoms with E-state index in [0.29, 0.717) is 0 Å². The van der Waals surface area contributed by atoms with Crippen molar-refractivity contribution in [2.45, 2.75) is 48.0 Å². The molecule has 3 N–H and O–H groups in total. The van der Waals surface area contributed by atoms with Gasteiger partial charge in [0.15, 0.2) is 0 Å². The average molecular weight is 614 g/mol. The van der Waals surface area contributed by atoms with Gasteiger partial charge in [-0.25, -0.2) is 0 Å². The Morgan fingerprint density at radius 1 is 1.43 bits per heavy atom. The molecule has 0 radical (unpaired) electrons. The molecule has 0 aliphatic carbocycles. The Morgan fingerprint density at radius 2 is 2.14 bits per heavy atom. The van der Waals surface area contributed by atoms with E-state index < -0.39 is 42.9 Å². The van der Waals surface area contributed by atoms with E-state index in [1.807, 2.05) is 13.1 Å². The minimum atomic E-state index is -0.655. The zero-order chi connectivity index (χ0) is 21.1. The SMILES string of the molecule is CCN(CC/C(N[I-]OC)=C(\C)I=N)C1=CC(C)/C=N\N/C(C)=C/C(C)=C\1C. The molecule has 0 amide bonds. The quantitative estimate of drug-likeness (QED) is 0.275. The average Bonchev–Trinajstić information content (AvgIpc) is 2.67. The maximum absolute atomic E-state index is 7.83. The zero-order valence-corrected chi connectivity index (χ0v) is 22.3. The fourth-order valence-electron chi connectivity index (χ4n) is 2.81. The third-order valence-corrected chi connectivity index (χ3v) is 7.29. The van der Waals surface area contributed by atoms with Crippen molar-refractivity contribution in [2.75, 3.05) is 20.2 Å². The molecule has 0 aromatic carbocycles. The summed E-state index contributed by atoms with van der Waals surface area (Å²) < 4.78 is 17.8. The van der Waals surface area contributed by atoms with Crippen molar-refractivity contribution in [3.63, 3.8) is 0 Å². The summed E-state index contributed by atoms with van der Waals surface area (Å²) in [6.45, 7) is 14.7. The third kappa shape index (κ3) is 8.32. The summed E-state index contributed by atoms with van der Waals surface area (Å²) in [4.78, 5) is 2.43. The number of halogens is 2. The molecular formula is C20H34I2N5O-. The van der Waals surface area contributed by atoms with Crippen LogP contribution in [0.2, 0.25) is 0 Å². The number of hydrazone groups is 1. The van der Waals surface area contributed by atoms with Crippen LogP contribution in [0.25, 0.3) is 0 Å². The van der Waals surface area contributed by atoms with Crippen LogP contribution in [0.3, 0.4) is 0 Å². The molecule has 0 aromatic rings. The fraction of sp³-hybridized carbons (Fsp3) is 0.550. The fourth-order valence-corrected chi connectivity index (χ4v) is 5.21. The van der Waals surface area contributed by atoms with Crippen LogP contribution in [0.5, 0.6) is 0 Å². The van der Waals surface area contributed by atoms with Crippen LogP contribution in [-0.4, -0.2) is 31.3 Å². The van der Waals surface area contributed by atoms with E-state index in [9.17, 15) is 0 Å². The summed E-state index contributed by atoms with van der Waals surface area (Å²) in [5, 5.41) is 4.34. The molecular weight excluding hydrogens is 580 g/mol. The molecule has 8 heteroatoms. The topological polar surface area (TPSA) is 72.7 Å². The van der Waals surface area contributed by atoms with E-state index in [-0.39, 0.29) is 5.92 Å². The maximum atomic E-state index is 7.83. The number of nitrogens with zero attached hydrogens (tertiary/aromatic N) is 2. The predicted molar refractivity (Wildman–Crippen MR) is 122 cm³/mol. The standard InChI is InChI=1S/C20H34I2N5O/c1-8-27(10-9-19(18(6)21-23)25-22-28-7)20-11-14(2)13-24-26-16(4)12-15(3)17(20)5/h11-14,23,25-26H,8-10H2,1-7H3/q-1/b16-12+,17-15-,19-18-,20-11?,24-13-. The summed E-state index contributed by atoms with van der Waals surface area (Å²) >= 11 is -1.15. The van der Waals surface area contributed by atoms with Crippen LogP contribution < -0.4 is 30.8 Å². The normalized spacial score (nSPS) is 24.5. The molecule has 6 nitrogen and oxygen atoms in total. The van der Waals surface area contributed by atoms with E-state index >= 15 is 0 Å². The number of likely N-dealkylation sites (N-methyl/N-ethyl adjacent to an activating group) is 1. The van der Waals surface area contributed by atoms with Crippen molar-refractivity contribution in [3.05, 3.63) is 44.0 Å². The molecule has 1 unspecified atom stereocenters. The first kappa shape index (κ1) is 25.3. The van der Waals surface area contributed by atoms with Crippen LogP contribution in [0.1, 0.15) is 48.0 Å². The Balaban J connectivity index is 3.18. The van der Waals surface area contributed by atoms with Crippen LogP contribution in [0, 0.1) is 9.48 Å². The van der Waals surface area contributed by atoms with Gasteiger partial charge in [0.05, 0.1) is 0 Å². The van der Waals surface area contributed by atoms with Crippen LogP contribution in [-0.2, 0) is 3.07 Å². The van der Waals surface area contributed by atoms with Gasteiger partial charge in [-0.2, -0.15) is 0 Å². The summed E-state index contributed by atoms with van der Waals surface area (Å²) in [6, 6.07) is 0. The number of allylic oxidation sites excluding steroid dienone is 6. The van der Waals surface area contributed by atoms with Gasteiger partial charge >= 0.3 is 193 Å². The van der Waals surface area contributed by atoms with Crippen LogP contribution in [0.4, 0.5) is 0 Å². The first-order chi connectivity index (χ1) is 13.3. The molecule has 0 bridgehead atoms. The minimum absolute atomic E-state index is 0.235. The van der Waals surface area contributed by atoms with Gasteiger partial charge in [-0.1, -0.05) is 0 Å². The van der Waals surface area contributed by atoms with Crippen molar-refractivity contribution in [3.8, 4) is 0 Å². The molecule has 1 rings (SSSR count). The van der Waals surface area contributed by atoms with Gasteiger partial charge in [-0.15, -0.1) is 0 Å². The van der Waals surface area contributed by atoms with Crippen LogP contribution >= 0.6 is 21.0 Å². The Morgan fingerprint density at radius 3 is 2.75 bits per heavy atom. The Bertz CT molecular complexity index is 695. The first-order valence-corrected chi connectivity index (χ1v) is 13.5. The molecule has 1 atom stereocenters. The number of nitrogens with one attached hydrogen (secondary N) is 3. The second kappa shape index (κ2) is 13.5. The first-order valence-electron chi connectivity index (χ1n) is 9.39. The second-order valence-corrected chi connectivity index (χ2v) is 10.7. The number of rotatable bonds is 9. The monoisotopic (exact) mass is 614 g/mol. The van der Waals surface area contributed by atoms with E-state index in [4.69, 9.17) is 6.63 Å². The molecule has 160 valence electrons. The van der Waals surface area contributed by atoms with Crippen molar-refractivity contribution in [1.82, 2.24) is 13.9 Å². The van der Waals surface area contributed by atoms with Gasteiger partial charge in [0.2, 0.25) is 0 Å². The Hall–Kier alpha value is -0.750. The molecule has 0 saturated carbocycles. The van der Waals surface area contributed by atoms with Gasteiger partial charge in [-0.05, 0) is 0 Å². The van der Waals surface area contributed by atoms with E-state index in [2.05, 4.69) is 65.7 Å².